The Labute approximate surface area is 115 Å². The summed E-state index contributed by atoms with van der Waals surface area (Å²) in [6.07, 6.45) is 4.65. The van der Waals surface area contributed by atoms with E-state index in [1.54, 1.807) is 17.9 Å². The van der Waals surface area contributed by atoms with Gasteiger partial charge >= 0.3 is 0 Å². The van der Waals surface area contributed by atoms with Crippen molar-refractivity contribution in [1.29, 1.82) is 0 Å². The molecular formula is C11H15N7S. The van der Waals surface area contributed by atoms with Crippen LogP contribution in [0.5, 0.6) is 0 Å². The molecule has 2 N–H and O–H groups in total. The highest BCUT2D eigenvalue weighted by atomic mass is 32.2. The van der Waals surface area contributed by atoms with Crippen LogP contribution < -0.4 is 10.6 Å². The zero-order valence-electron chi connectivity index (χ0n) is 10.6. The van der Waals surface area contributed by atoms with E-state index in [9.17, 15) is 0 Å². The molecule has 3 heterocycles. The molecule has 0 amide bonds. The first-order valence-corrected chi connectivity index (χ1v) is 7.29. The van der Waals surface area contributed by atoms with Crippen molar-refractivity contribution in [3.05, 3.63) is 18.5 Å². The third-order valence-electron chi connectivity index (χ3n) is 2.82. The van der Waals surface area contributed by atoms with Gasteiger partial charge in [-0.25, -0.2) is 4.68 Å². The number of nitrogens with zero attached hydrogens (tertiary/aromatic N) is 5. The lowest BCUT2D eigenvalue weighted by molar-refractivity contribution is 0.769. The van der Waals surface area contributed by atoms with Crippen LogP contribution in [-0.2, 0) is 0 Å². The van der Waals surface area contributed by atoms with Crippen LogP contribution in [-0.4, -0.2) is 49.3 Å². The zero-order valence-corrected chi connectivity index (χ0v) is 11.4. The maximum absolute atomic E-state index is 4.41. The Morgan fingerprint density at radius 3 is 2.89 bits per heavy atom. The van der Waals surface area contributed by atoms with Crippen molar-refractivity contribution in [2.24, 2.45) is 0 Å². The van der Waals surface area contributed by atoms with E-state index in [-0.39, 0.29) is 0 Å². The van der Waals surface area contributed by atoms with Crippen LogP contribution in [0.3, 0.4) is 0 Å². The molecule has 2 aromatic heterocycles. The van der Waals surface area contributed by atoms with E-state index >= 15 is 0 Å². The third kappa shape index (κ3) is 2.78. The highest BCUT2D eigenvalue weighted by Gasteiger charge is 2.17. The zero-order chi connectivity index (χ0) is 13.1. The Kier molecular flexibility index (Phi) is 3.49. The number of hydrogen-bond acceptors (Lipinski definition) is 7. The number of anilines is 2. The van der Waals surface area contributed by atoms with Gasteiger partial charge < -0.3 is 10.6 Å². The fourth-order valence-corrected chi connectivity index (χ4v) is 3.01. The van der Waals surface area contributed by atoms with Crippen molar-refractivity contribution >= 4 is 23.7 Å². The van der Waals surface area contributed by atoms with Gasteiger partial charge in [0.2, 0.25) is 11.9 Å². The van der Waals surface area contributed by atoms with Gasteiger partial charge in [0.05, 0.1) is 0 Å². The van der Waals surface area contributed by atoms with Crippen molar-refractivity contribution in [1.82, 2.24) is 24.7 Å². The van der Waals surface area contributed by atoms with E-state index in [0.717, 1.165) is 12.2 Å². The first-order chi connectivity index (χ1) is 9.35. The van der Waals surface area contributed by atoms with Gasteiger partial charge in [0.15, 0.2) is 0 Å². The van der Waals surface area contributed by atoms with E-state index in [1.165, 1.54) is 5.75 Å². The highest BCUT2D eigenvalue weighted by Crippen LogP contribution is 2.20. The van der Waals surface area contributed by atoms with Crippen molar-refractivity contribution in [3.8, 4) is 5.95 Å². The van der Waals surface area contributed by atoms with Gasteiger partial charge in [-0.3, -0.25) is 0 Å². The standard InChI is InChI=1S/C11H15N7S/c1-12-9-15-10(14-8-3-6-19-7-8)17-11(16-9)18-5-2-4-13-18/h2,4-5,8H,3,6-7H2,1H3,(H2,12,14,15,16,17). The maximum atomic E-state index is 4.41. The summed E-state index contributed by atoms with van der Waals surface area (Å²) in [7, 11) is 1.79. The molecule has 8 heteroatoms. The van der Waals surface area contributed by atoms with E-state index in [2.05, 4.69) is 30.7 Å². The Morgan fingerprint density at radius 2 is 2.21 bits per heavy atom. The predicted octanol–water partition coefficient (Wildman–Crippen LogP) is 1.02. The Bertz CT molecular complexity index is 536. The molecule has 0 aromatic carbocycles. The summed E-state index contributed by atoms with van der Waals surface area (Å²) in [6.45, 7) is 0. The normalized spacial score (nSPS) is 18.5. The minimum absolute atomic E-state index is 0.433. The largest absolute Gasteiger partial charge is 0.357 e. The second-order valence-electron chi connectivity index (χ2n) is 4.19. The van der Waals surface area contributed by atoms with E-state index in [0.29, 0.717) is 23.9 Å². The first kappa shape index (κ1) is 12.2. The van der Waals surface area contributed by atoms with E-state index in [4.69, 9.17) is 0 Å². The Balaban J connectivity index is 1.88. The lowest BCUT2D eigenvalue weighted by Crippen LogP contribution is -2.21. The molecule has 100 valence electrons. The molecule has 3 rings (SSSR count). The maximum Gasteiger partial charge on any atom is 0.257 e. The molecule has 0 saturated carbocycles. The molecule has 1 saturated heterocycles. The van der Waals surface area contributed by atoms with Crippen molar-refractivity contribution in [3.63, 3.8) is 0 Å². The van der Waals surface area contributed by atoms with Gasteiger partial charge in [0, 0.05) is 31.2 Å². The van der Waals surface area contributed by atoms with Gasteiger partial charge in [-0.15, -0.1) is 0 Å². The van der Waals surface area contributed by atoms with Gasteiger partial charge in [0.25, 0.3) is 5.95 Å². The predicted molar refractivity (Wildman–Crippen MR) is 75.8 cm³/mol. The van der Waals surface area contributed by atoms with Crippen LogP contribution in [0.25, 0.3) is 5.95 Å². The van der Waals surface area contributed by atoms with Gasteiger partial charge in [0.1, 0.15) is 0 Å². The van der Waals surface area contributed by atoms with Crippen LogP contribution in [0.15, 0.2) is 18.5 Å². The molecule has 0 spiro atoms. The average molecular weight is 277 g/mol. The number of aromatic nitrogens is 5. The summed E-state index contributed by atoms with van der Waals surface area (Å²) in [6, 6.07) is 2.27. The Hall–Kier alpha value is -1.83. The molecule has 1 aliphatic rings. The lowest BCUT2D eigenvalue weighted by Gasteiger charge is -2.12. The summed E-state index contributed by atoms with van der Waals surface area (Å²) < 4.78 is 1.62. The summed E-state index contributed by atoms with van der Waals surface area (Å²) >= 11 is 1.95. The lowest BCUT2D eigenvalue weighted by atomic mass is 10.3. The summed E-state index contributed by atoms with van der Waals surface area (Å²) in [5.41, 5.74) is 0. The first-order valence-electron chi connectivity index (χ1n) is 6.13. The average Bonchev–Trinajstić information content (AvgIpc) is 3.11. The van der Waals surface area contributed by atoms with Crippen LogP contribution in [0.4, 0.5) is 11.9 Å². The number of rotatable bonds is 4. The fraction of sp³-hybridized carbons (Fsp3) is 0.455. The number of thioether (sulfide) groups is 1. The number of nitrogens with one attached hydrogen (secondary N) is 2. The van der Waals surface area contributed by atoms with E-state index < -0.39 is 0 Å². The molecule has 7 nitrogen and oxygen atoms in total. The molecular weight excluding hydrogens is 262 g/mol. The molecule has 1 aliphatic heterocycles. The van der Waals surface area contributed by atoms with Gasteiger partial charge in [-0.05, 0) is 18.2 Å². The van der Waals surface area contributed by atoms with Crippen LogP contribution in [0.1, 0.15) is 6.42 Å². The molecule has 19 heavy (non-hydrogen) atoms. The third-order valence-corrected chi connectivity index (χ3v) is 3.98. The summed E-state index contributed by atoms with van der Waals surface area (Å²) in [4.78, 5) is 13.0. The second kappa shape index (κ2) is 5.43. The van der Waals surface area contributed by atoms with Gasteiger partial charge in [-0.1, -0.05) is 0 Å². The molecule has 2 aromatic rings. The minimum Gasteiger partial charge on any atom is -0.357 e. The summed E-state index contributed by atoms with van der Waals surface area (Å²) in [5, 5.41) is 10.4. The van der Waals surface area contributed by atoms with Gasteiger partial charge in [-0.2, -0.15) is 31.8 Å². The quantitative estimate of drug-likeness (QED) is 0.863. The van der Waals surface area contributed by atoms with E-state index in [1.807, 2.05) is 24.0 Å². The number of hydrogen-bond donors (Lipinski definition) is 2. The molecule has 1 fully saturated rings. The highest BCUT2D eigenvalue weighted by molar-refractivity contribution is 7.99. The molecule has 1 atom stereocenters. The second-order valence-corrected chi connectivity index (χ2v) is 5.34. The van der Waals surface area contributed by atoms with Crippen LogP contribution in [0, 0.1) is 0 Å². The van der Waals surface area contributed by atoms with Crippen molar-refractivity contribution in [2.75, 3.05) is 29.2 Å². The fourth-order valence-electron chi connectivity index (χ4n) is 1.86. The topological polar surface area (TPSA) is 80.5 Å². The van der Waals surface area contributed by atoms with Crippen molar-refractivity contribution < 1.29 is 0 Å². The molecule has 1 unspecified atom stereocenters. The van der Waals surface area contributed by atoms with Crippen LogP contribution in [0.2, 0.25) is 0 Å². The minimum atomic E-state index is 0.433. The van der Waals surface area contributed by atoms with Crippen LogP contribution >= 0.6 is 11.8 Å². The smallest absolute Gasteiger partial charge is 0.257 e. The SMILES string of the molecule is CNc1nc(NC2CCSC2)nc(-n2cccn2)n1. The van der Waals surface area contributed by atoms with Crippen molar-refractivity contribution in [2.45, 2.75) is 12.5 Å². The summed E-state index contributed by atoms with van der Waals surface area (Å²) in [5.74, 6) is 3.93. The molecule has 0 radical (unpaired) electrons. The molecule has 0 bridgehead atoms. The molecule has 0 aliphatic carbocycles. The monoisotopic (exact) mass is 277 g/mol. The Morgan fingerprint density at radius 1 is 1.32 bits per heavy atom.